The number of likely N-dealkylation sites (tertiary alicyclic amines) is 1. The van der Waals surface area contributed by atoms with Crippen LogP contribution in [0, 0.1) is 0 Å². The summed E-state index contributed by atoms with van der Waals surface area (Å²) in [6.45, 7) is 5.70. The third-order valence-corrected chi connectivity index (χ3v) is 4.72. The number of ether oxygens (including phenoxy) is 1. The zero-order valence-corrected chi connectivity index (χ0v) is 17.1. The minimum absolute atomic E-state index is 0.0302. The Morgan fingerprint density at radius 1 is 1.00 bits per heavy atom. The minimum Gasteiger partial charge on any atom is -0.491 e. The second-order valence-corrected chi connectivity index (χ2v) is 7.53. The number of amides is 2. The number of carbonyl (C=O) groups excluding carboxylic acids is 2. The maximum absolute atomic E-state index is 12.6. The summed E-state index contributed by atoms with van der Waals surface area (Å²) < 4.78 is 5.61. The molecule has 6 heteroatoms. The van der Waals surface area contributed by atoms with Crippen molar-refractivity contribution in [2.75, 3.05) is 30.3 Å². The molecule has 0 radical (unpaired) electrons. The van der Waals surface area contributed by atoms with E-state index in [1.807, 2.05) is 43.0 Å². The first-order chi connectivity index (χ1) is 14.0. The van der Waals surface area contributed by atoms with Crippen molar-refractivity contribution in [2.24, 2.45) is 0 Å². The summed E-state index contributed by atoms with van der Waals surface area (Å²) in [5.74, 6) is 0.655. The Balaban J connectivity index is 1.52. The standard InChI is InChI=1S/C23H29N3O3/c1-17(2)29-21-11-9-19(10-12-21)24-16-22(27)25-20-8-6-7-18(15-20)23(28)26-13-4-3-5-14-26/h6-12,15,17,24H,3-5,13-14,16H2,1-2H3,(H,25,27). The van der Waals surface area contributed by atoms with Gasteiger partial charge < -0.3 is 20.3 Å². The van der Waals surface area contributed by atoms with Gasteiger partial charge in [0, 0.05) is 30.0 Å². The first-order valence-corrected chi connectivity index (χ1v) is 10.2. The Bertz CT molecular complexity index is 828. The fraction of sp³-hybridized carbons (Fsp3) is 0.391. The van der Waals surface area contributed by atoms with Gasteiger partial charge in [-0.25, -0.2) is 0 Å². The monoisotopic (exact) mass is 395 g/mol. The highest BCUT2D eigenvalue weighted by molar-refractivity contribution is 5.98. The zero-order chi connectivity index (χ0) is 20.6. The van der Waals surface area contributed by atoms with Crippen LogP contribution in [0.1, 0.15) is 43.5 Å². The van der Waals surface area contributed by atoms with Gasteiger partial charge in [-0.05, 0) is 75.6 Å². The largest absolute Gasteiger partial charge is 0.491 e. The highest BCUT2D eigenvalue weighted by Gasteiger charge is 2.18. The van der Waals surface area contributed by atoms with Crippen molar-refractivity contribution in [1.82, 2.24) is 4.90 Å². The molecule has 0 aliphatic carbocycles. The summed E-state index contributed by atoms with van der Waals surface area (Å²) in [6, 6.07) is 14.6. The lowest BCUT2D eigenvalue weighted by Gasteiger charge is -2.26. The molecule has 3 rings (SSSR count). The van der Waals surface area contributed by atoms with Gasteiger partial charge in [0.25, 0.3) is 5.91 Å². The van der Waals surface area contributed by atoms with Gasteiger partial charge in [-0.15, -0.1) is 0 Å². The molecule has 1 heterocycles. The van der Waals surface area contributed by atoms with Gasteiger partial charge >= 0.3 is 0 Å². The van der Waals surface area contributed by atoms with E-state index in [0.717, 1.165) is 37.4 Å². The summed E-state index contributed by atoms with van der Waals surface area (Å²) in [5.41, 5.74) is 2.07. The first kappa shape index (κ1) is 20.7. The first-order valence-electron chi connectivity index (χ1n) is 10.2. The summed E-state index contributed by atoms with van der Waals surface area (Å²) in [5, 5.41) is 5.94. The molecule has 2 aromatic carbocycles. The van der Waals surface area contributed by atoms with Crippen molar-refractivity contribution in [3.05, 3.63) is 54.1 Å². The van der Waals surface area contributed by atoms with E-state index in [2.05, 4.69) is 10.6 Å². The van der Waals surface area contributed by atoms with Gasteiger partial charge in [-0.2, -0.15) is 0 Å². The van der Waals surface area contributed by atoms with Crippen LogP contribution in [0.25, 0.3) is 0 Å². The van der Waals surface area contributed by atoms with Gasteiger partial charge in [-0.3, -0.25) is 9.59 Å². The van der Waals surface area contributed by atoms with Crippen LogP contribution in [0.2, 0.25) is 0 Å². The van der Waals surface area contributed by atoms with E-state index in [1.54, 1.807) is 24.3 Å². The van der Waals surface area contributed by atoms with Gasteiger partial charge in [0.15, 0.2) is 0 Å². The highest BCUT2D eigenvalue weighted by atomic mass is 16.5. The van der Waals surface area contributed by atoms with E-state index in [9.17, 15) is 9.59 Å². The fourth-order valence-electron chi connectivity index (χ4n) is 3.32. The average molecular weight is 396 g/mol. The van der Waals surface area contributed by atoms with Crippen molar-refractivity contribution < 1.29 is 14.3 Å². The van der Waals surface area contributed by atoms with Crippen molar-refractivity contribution in [2.45, 2.75) is 39.2 Å². The quantitative estimate of drug-likeness (QED) is 0.739. The molecule has 154 valence electrons. The number of nitrogens with zero attached hydrogens (tertiary/aromatic N) is 1. The van der Waals surface area contributed by atoms with E-state index in [0.29, 0.717) is 11.3 Å². The molecule has 1 aliphatic heterocycles. The van der Waals surface area contributed by atoms with Gasteiger partial charge in [0.2, 0.25) is 5.91 Å². The molecule has 6 nitrogen and oxygen atoms in total. The summed E-state index contributed by atoms with van der Waals surface area (Å²) in [7, 11) is 0. The van der Waals surface area contributed by atoms with E-state index in [-0.39, 0.29) is 24.5 Å². The maximum atomic E-state index is 12.6. The van der Waals surface area contributed by atoms with Crippen LogP contribution in [0.15, 0.2) is 48.5 Å². The molecular weight excluding hydrogens is 366 g/mol. The molecule has 0 atom stereocenters. The molecule has 2 amide bonds. The van der Waals surface area contributed by atoms with Crippen molar-refractivity contribution in [3.8, 4) is 5.75 Å². The third-order valence-electron chi connectivity index (χ3n) is 4.72. The number of hydrogen-bond acceptors (Lipinski definition) is 4. The Morgan fingerprint density at radius 3 is 2.41 bits per heavy atom. The second kappa shape index (κ2) is 9.96. The van der Waals surface area contributed by atoms with Gasteiger partial charge in [-0.1, -0.05) is 6.07 Å². The van der Waals surface area contributed by atoms with Crippen LogP contribution in [0.5, 0.6) is 5.75 Å². The molecule has 1 aliphatic rings. The smallest absolute Gasteiger partial charge is 0.253 e. The topological polar surface area (TPSA) is 70.7 Å². The van der Waals surface area contributed by atoms with Crippen LogP contribution in [-0.2, 0) is 4.79 Å². The van der Waals surface area contributed by atoms with Crippen molar-refractivity contribution >= 4 is 23.2 Å². The maximum Gasteiger partial charge on any atom is 0.253 e. The van der Waals surface area contributed by atoms with Crippen LogP contribution in [0.3, 0.4) is 0 Å². The minimum atomic E-state index is -0.171. The molecule has 0 aromatic heterocycles. The number of benzene rings is 2. The summed E-state index contributed by atoms with van der Waals surface area (Å²) >= 11 is 0. The van der Waals surface area contributed by atoms with Crippen LogP contribution >= 0.6 is 0 Å². The number of anilines is 2. The van der Waals surface area contributed by atoms with Gasteiger partial charge in [0.05, 0.1) is 12.6 Å². The average Bonchev–Trinajstić information content (AvgIpc) is 2.73. The predicted molar refractivity (Wildman–Crippen MR) is 116 cm³/mol. The normalized spacial score (nSPS) is 13.8. The summed E-state index contributed by atoms with van der Waals surface area (Å²) in [4.78, 5) is 26.8. The second-order valence-electron chi connectivity index (χ2n) is 7.53. The molecule has 29 heavy (non-hydrogen) atoms. The Hall–Kier alpha value is -3.02. The lowest BCUT2D eigenvalue weighted by atomic mass is 10.1. The third kappa shape index (κ3) is 6.24. The molecule has 2 aromatic rings. The molecule has 0 saturated carbocycles. The Kier molecular flexibility index (Phi) is 7.11. The molecule has 0 unspecified atom stereocenters. The zero-order valence-electron chi connectivity index (χ0n) is 17.1. The molecule has 1 saturated heterocycles. The summed E-state index contributed by atoms with van der Waals surface area (Å²) in [6.07, 6.45) is 3.41. The number of rotatable bonds is 7. The fourth-order valence-corrected chi connectivity index (χ4v) is 3.32. The highest BCUT2D eigenvalue weighted by Crippen LogP contribution is 2.18. The number of piperidine rings is 1. The van der Waals surface area contributed by atoms with Crippen molar-refractivity contribution in [3.63, 3.8) is 0 Å². The van der Waals surface area contributed by atoms with E-state index < -0.39 is 0 Å². The molecular formula is C23H29N3O3. The predicted octanol–water partition coefficient (Wildman–Crippen LogP) is 4.15. The van der Waals surface area contributed by atoms with E-state index in [1.165, 1.54) is 6.42 Å². The number of hydrogen-bond donors (Lipinski definition) is 2. The molecule has 2 N–H and O–H groups in total. The lowest BCUT2D eigenvalue weighted by molar-refractivity contribution is -0.114. The van der Waals surface area contributed by atoms with Crippen LogP contribution in [-0.4, -0.2) is 42.5 Å². The lowest BCUT2D eigenvalue weighted by Crippen LogP contribution is -2.35. The van der Waals surface area contributed by atoms with E-state index >= 15 is 0 Å². The van der Waals surface area contributed by atoms with E-state index in [4.69, 9.17) is 4.74 Å². The SMILES string of the molecule is CC(C)Oc1ccc(NCC(=O)Nc2cccc(C(=O)N3CCCCC3)c2)cc1. The molecule has 1 fully saturated rings. The van der Waals surface area contributed by atoms with Gasteiger partial charge in [0.1, 0.15) is 5.75 Å². The molecule has 0 spiro atoms. The van der Waals surface area contributed by atoms with Crippen LogP contribution < -0.4 is 15.4 Å². The Labute approximate surface area is 172 Å². The van der Waals surface area contributed by atoms with Crippen LogP contribution in [0.4, 0.5) is 11.4 Å². The molecule has 0 bridgehead atoms. The number of carbonyl (C=O) groups is 2. The van der Waals surface area contributed by atoms with Crippen molar-refractivity contribution in [1.29, 1.82) is 0 Å². The number of nitrogens with one attached hydrogen (secondary N) is 2. The Morgan fingerprint density at radius 2 is 1.72 bits per heavy atom.